The molecule has 0 saturated carbocycles. The first-order valence-electron chi connectivity index (χ1n) is 6.66. The van der Waals surface area contributed by atoms with Gasteiger partial charge in [0.2, 0.25) is 0 Å². The summed E-state index contributed by atoms with van der Waals surface area (Å²) in [5.74, 6) is 1.47. The molecule has 17 heavy (non-hydrogen) atoms. The molecule has 1 aromatic heterocycles. The third kappa shape index (κ3) is 2.04. The molecule has 0 bridgehead atoms. The summed E-state index contributed by atoms with van der Waals surface area (Å²) in [4.78, 5) is 6.98. The molecule has 2 atom stereocenters. The number of piperidine rings is 1. The van der Waals surface area contributed by atoms with Gasteiger partial charge in [-0.1, -0.05) is 13.0 Å². The number of aliphatic hydroxyl groups is 1. The molecule has 92 valence electrons. The Morgan fingerprint density at radius 2 is 2.24 bits per heavy atom. The number of hydrogen-bond donors (Lipinski definition) is 1. The van der Waals surface area contributed by atoms with Gasteiger partial charge in [-0.05, 0) is 43.2 Å². The van der Waals surface area contributed by atoms with Gasteiger partial charge in [0.15, 0.2) is 0 Å². The molecule has 2 unspecified atom stereocenters. The van der Waals surface area contributed by atoms with Crippen molar-refractivity contribution in [3.63, 3.8) is 0 Å². The van der Waals surface area contributed by atoms with Gasteiger partial charge in [-0.2, -0.15) is 0 Å². The Balaban J connectivity index is 1.80. The van der Waals surface area contributed by atoms with Crippen molar-refractivity contribution in [2.45, 2.75) is 38.7 Å². The standard InChI is InChI=1S/C14H20N2O/c1-10-7-8-16(9-13(10)17)14-6-5-11-3-2-4-12(11)15-14/h5-6,10,13,17H,2-4,7-9H2,1H3. The monoisotopic (exact) mass is 232 g/mol. The number of anilines is 1. The van der Waals surface area contributed by atoms with E-state index in [1.165, 1.54) is 24.1 Å². The normalized spacial score (nSPS) is 28.2. The predicted octanol–water partition coefficient (Wildman–Crippen LogP) is 1.78. The Kier molecular flexibility index (Phi) is 2.79. The van der Waals surface area contributed by atoms with Gasteiger partial charge in [-0.3, -0.25) is 0 Å². The Bertz CT molecular complexity index is 419. The van der Waals surface area contributed by atoms with Crippen LogP contribution in [0.3, 0.4) is 0 Å². The largest absolute Gasteiger partial charge is 0.391 e. The number of fused-ring (bicyclic) bond motifs is 1. The second kappa shape index (κ2) is 4.30. The number of aryl methyl sites for hydroxylation is 2. The number of β-amino-alcohol motifs (C(OH)–C–C–N with tert-alkyl or cyclic N) is 1. The van der Waals surface area contributed by atoms with Gasteiger partial charge >= 0.3 is 0 Å². The topological polar surface area (TPSA) is 36.4 Å². The summed E-state index contributed by atoms with van der Waals surface area (Å²) in [5, 5.41) is 9.93. The minimum absolute atomic E-state index is 0.209. The van der Waals surface area contributed by atoms with Crippen molar-refractivity contribution in [3.8, 4) is 0 Å². The number of rotatable bonds is 1. The van der Waals surface area contributed by atoms with Crippen molar-refractivity contribution >= 4 is 5.82 Å². The maximum absolute atomic E-state index is 9.93. The van der Waals surface area contributed by atoms with Crippen LogP contribution in [0.5, 0.6) is 0 Å². The van der Waals surface area contributed by atoms with E-state index in [4.69, 9.17) is 4.98 Å². The number of nitrogens with zero attached hydrogens (tertiary/aromatic N) is 2. The lowest BCUT2D eigenvalue weighted by atomic mass is 9.96. The second-order valence-corrected chi connectivity index (χ2v) is 5.41. The molecule has 3 heteroatoms. The maximum atomic E-state index is 9.93. The van der Waals surface area contributed by atoms with E-state index >= 15 is 0 Å². The second-order valence-electron chi connectivity index (χ2n) is 5.41. The van der Waals surface area contributed by atoms with E-state index in [0.717, 1.165) is 31.7 Å². The third-order valence-corrected chi connectivity index (χ3v) is 4.16. The molecule has 3 nitrogen and oxygen atoms in total. The molecule has 1 N–H and O–H groups in total. The summed E-state index contributed by atoms with van der Waals surface area (Å²) >= 11 is 0. The molecule has 1 fully saturated rings. The molecule has 1 aromatic rings. The molecule has 0 aromatic carbocycles. The van der Waals surface area contributed by atoms with Gasteiger partial charge in [0.25, 0.3) is 0 Å². The number of aliphatic hydroxyl groups excluding tert-OH is 1. The quantitative estimate of drug-likeness (QED) is 0.802. The summed E-state index contributed by atoms with van der Waals surface area (Å²) in [5.41, 5.74) is 2.69. The van der Waals surface area contributed by atoms with E-state index in [1.807, 2.05) is 0 Å². The van der Waals surface area contributed by atoms with Crippen molar-refractivity contribution in [1.29, 1.82) is 0 Å². The van der Waals surface area contributed by atoms with Crippen LogP contribution in [0.2, 0.25) is 0 Å². The molecule has 1 saturated heterocycles. The van der Waals surface area contributed by atoms with Crippen LogP contribution in [0.1, 0.15) is 31.0 Å². The molecule has 0 radical (unpaired) electrons. The van der Waals surface area contributed by atoms with Crippen LogP contribution in [0.4, 0.5) is 5.82 Å². The zero-order valence-electron chi connectivity index (χ0n) is 10.4. The van der Waals surface area contributed by atoms with E-state index in [1.54, 1.807) is 0 Å². The van der Waals surface area contributed by atoms with Crippen molar-refractivity contribution < 1.29 is 5.11 Å². The smallest absolute Gasteiger partial charge is 0.128 e. The fourth-order valence-corrected chi connectivity index (χ4v) is 2.84. The number of aromatic nitrogens is 1. The van der Waals surface area contributed by atoms with Gasteiger partial charge in [0, 0.05) is 18.8 Å². The van der Waals surface area contributed by atoms with Gasteiger partial charge in [0.1, 0.15) is 5.82 Å². The first-order chi connectivity index (χ1) is 8.24. The lowest BCUT2D eigenvalue weighted by molar-refractivity contribution is 0.102. The predicted molar refractivity (Wildman–Crippen MR) is 68.3 cm³/mol. The molecule has 3 rings (SSSR count). The van der Waals surface area contributed by atoms with Crippen LogP contribution >= 0.6 is 0 Å². The highest BCUT2D eigenvalue weighted by Gasteiger charge is 2.25. The van der Waals surface area contributed by atoms with Crippen LogP contribution in [-0.4, -0.2) is 29.3 Å². The molecule has 0 spiro atoms. The van der Waals surface area contributed by atoms with E-state index in [2.05, 4.69) is 24.0 Å². The molecule has 1 aliphatic heterocycles. The Morgan fingerprint density at radius 3 is 3.06 bits per heavy atom. The lowest BCUT2D eigenvalue weighted by Crippen LogP contribution is -2.43. The molecular weight excluding hydrogens is 212 g/mol. The fourth-order valence-electron chi connectivity index (χ4n) is 2.84. The summed E-state index contributed by atoms with van der Waals surface area (Å²) < 4.78 is 0. The van der Waals surface area contributed by atoms with Crippen LogP contribution in [-0.2, 0) is 12.8 Å². The summed E-state index contributed by atoms with van der Waals surface area (Å²) in [7, 11) is 0. The average molecular weight is 232 g/mol. The molecule has 2 aliphatic rings. The first kappa shape index (κ1) is 11.0. The molecule has 1 aliphatic carbocycles. The highest BCUT2D eigenvalue weighted by atomic mass is 16.3. The van der Waals surface area contributed by atoms with E-state index in [0.29, 0.717) is 5.92 Å². The average Bonchev–Trinajstić information content (AvgIpc) is 2.79. The molecule has 0 amide bonds. The van der Waals surface area contributed by atoms with Crippen molar-refractivity contribution in [2.24, 2.45) is 5.92 Å². The highest BCUT2D eigenvalue weighted by molar-refractivity contribution is 5.43. The van der Waals surface area contributed by atoms with E-state index in [9.17, 15) is 5.11 Å². The van der Waals surface area contributed by atoms with Crippen LogP contribution < -0.4 is 4.90 Å². The summed E-state index contributed by atoms with van der Waals surface area (Å²) in [6.45, 7) is 3.87. The van der Waals surface area contributed by atoms with Crippen molar-refractivity contribution in [1.82, 2.24) is 4.98 Å². The fraction of sp³-hybridized carbons (Fsp3) is 0.643. The minimum atomic E-state index is -0.209. The Labute approximate surface area is 102 Å². The maximum Gasteiger partial charge on any atom is 0.128 e. The number of pyridine rings is 1. The molecular formula is C14H20N2O. The summed E-state index contributed by atoms with van der Waals surface area (Å²) in [6, 6.07) is 4.34. The SMILES string of the molecule is CC1CCN(c2ccc3c(n2)CCC3)CC1O. The van der Waals surface area contributed by atoms with E-state index in [-0.39, 0.29) is 6.10 Å². The van der Waals surface area contributed by atoms with Crippen molar-refractivity contribution in [3.05, 3.63) is 23.4 Å². The van der Waals surface area contributed by atoms with Gasteiger partial charge in [-0.15, -0.1) is 0 Å². The minimum Gasteiger partial charge on any atom is -0.391 e. The van der Waals surface area contributed by atoms with Crippen LogP contribution in [0.25, 0.3) is 0 Å². The van der Waals surface area contributed by atoms with Gasteiger partial charge < -0.3 is 10.0 Å². The van der Waals surface area contributed by atoms with Gasteiger partial charge in [0.05, 0.1) is 6.10 Å². The van der Waals surface area contributed by atoms with Crippen LogP contribution in [0, 0.1) is 5.92 Å². The van der Waals surface area contributed by atoms with Crippen molar-refractivity contribution in [2.75, 3.05) is 18.0 Å². The van der Waals surface area contributed by atoms with Crippen LogP contribution in [0.15, 0.2) is 12.1 Å². The first-order valence-corrected chi connectivity index (χ1v) is 6.66. The summed E-state index contributed by atoms with van der Waals surface area (Å²) in [6.07, 6.45) is 4.39. The third-order valence-electron chi connectivity index (χ3n) is 4.16. The molecule has 2 heterocycles. The Morgan fingerprint density at radius 1 is 1.35 bits per heavy atom. The lowest BCUT2D eigenvalue weighted by Gasteiger charge is -2.35. The Hall–Kier alpha value is -1.09. The zero-order chi connectivity index (χ0) is 11.8. The highest BCUT2D eigenvalue weighted by Crippen LogP contribution is 2.26. The van der Waals surface area contributed by atoms with E-state index < -0.39 is 0 Å². The zero-order valence-corrected chi connectivity index (χ0v) is 10.4. The van der Waals surface area contributed by atoms with Gasteiger partial charge in [-0.25, -0.2) is 4.98 Å². The number of hydrogen-bond acceptors (Lipinski definition) is 3.